The lowest BCUT2D eigenvalue weighted by Crippen LogP contribution is -2.14. The molecule has 0 aliphatic carbocycles. The zero-order valence-corrected chi connectivity index (χ0v) is 11.4. The van der Waals surface area contributed by atoms with Crippen LogP contribution in [0, 0.1) is 10.1 Å². The summed E-state index contributed by atoms with van der Waals surface area (Å²) in [6.45, 7) is 0. The van der Waals surface area contributed by atoms with Gasteiger partial charge in [0, 0.05) is 13.1 Å². The largest absolute Gasteiger partial charge is 0.494 e. The predicted octanol–water partition coefficient (Wildman–Crippen LogP) is 1.17. The Balaban J connectivity index is 2.29. The number of ether oxygens (including phenoxy) is 1. The Labute approximate surface area is 119 Å². The SMILES string of the molecule is COc1cc([N+](=O)[O-])ccc1NC(=O)c1cnn(C)c1N. The van der Waals surface area contributed by atoms with Crippen molar-refractivity contribution in [3.8, 4) is 5.75 Å². The predicted molar refractivity (Wildman–Crippen MR) is 75.2 cm³/mol. The topological polar surface area (TPSA) is 125 Å². The van der Waals surface area contributed by atoms with Gasteiger partial charge in [0.05, 0.1) is 30.0 Å². The molecular formula is C12H13N5O4. The van der Waals surface area contributed by atoms with Gasteiger partial charge in [0.25, 0.3) is 11.6 Å². The number of nitro benzene ring substituents is 1. The molecule has 0 radical (unpaired) electrons. The average Bonchev–Trinajstić information content (AvgIpc) is 2.79. The number of aryl methyl sites for hydroxylation is 1. The third-order valence-electron chi connectivity index (χ3n) is 2.87. The van der Waals surface area contributed by atoms with Crippen molar-refractivity contribution >= 4 is 23.1 Å². The number of aromatic nitrogens is 2. The van der Waals surface area contributed by atoms with Gasteiger partial charge in [-0.1, -0.05) is 0 Å². The number of nitrogens with zero attached hydrogens (tertiary/aromatic N) is 3. The lowest BCUT2D eigenvalue weighted by molar-refractivity contribution is -0.384. The summed E-state index contributed by atoms with van der Waals surface area (Å²) in [5, 5.41) is 17.2. The van der Waals surface area contributed by atoms with Crippen molar-refractivity contribution in [2.45, 2.75) is 0 Å². The molecule has 0 aliphatic heterocycles. The van der Waals surface area contributed by atoms with Crippen molar-refractivity contribution in [1.29, 1.82) is 0 Å². The monoisotopic (exact) mass is 291 g/mol. The number of hydrogen-bond acceptors (Lipinski definition) is 6. The van der Waals surface area contributed by atoms with Gasteiger partial charge in [-0.2, -0.15) is 5.10 Å². The lowest BCUT2D eigenvalue weighted by Gasteiger charge is -2.09. The molecule has 0 atom stereocenters. The van der Waals surface area contributed by atoms with Crippen LogP contribution in [0.5, 0.6) is 5.75 Å². The molecule has 9 nitrogen and oxygen atoms in total. The van der Waals surface area contributed by atoms with E-state index in [4.69, 9.17) is 10.5 Å². The van der Waals surface area contributed by atoms with E-state index in [2.05, 4.69) is 10.4 Å². The van der Waals surface area contributed by atoms with Gasteiger partial charge in [0.2, 0.25) is 0 Å². The fourth-order valence-corrected chi connectivity index (χ4v) is 1.71. The Kier molecular flexibility index (Phi) is 3.74. The number of hydrogen-bond donors (Lipinski definition) is 2. The summed E-state index contributed by atoms with van der Waals surface area (Å²) < 4.78 is 6.40. The minimum atomic E-state index is -0.548. The summed E-state index contributed by atoms with van der Waals surface area (Å²) in [5.74, 6) is -0.0823. The molecule has 2 aromatic rings. The second-order valence-electron chi connectivity index (χ2n) is 4.16. The first kappa shape index (κ1) is 14.3. The second kappa shape index (κ2) is 5.49. The fourth-order valence-electron chi connectivity index (χ4n) is 1.71. The van der Waals surface area contributed by atoms with Crippen molar-refractivity contribution < 1.29 is 14.5 Å². The van der Waals surface area contributed by atoms with Gasteiger partial charge in [-0.25, -0.2) is 0 Å². The number of nitrogens with two attached hydrogens (primary N) is 1. The van der Waals surface area contributed by atoms with Crippen LogP contribution in [-0.2, 0) is 7.05 Å². The number of non-ortho nitro benzene ring substituents is 1. The number of methoxy groups -OCH3 is 1. The van der Waals surface area contributed by atoms with Crippen molar-refractivity contribution in [3.63, 3.8) is 0 Å². The molecule has 3 N–H and O–H groups in total. The number of nitrogen functional groups attached to an aromatic ring is 1. The van der Waals surface area contributed by atoms with E-state index in [1.807, 2.05) is 0 Å². The van der Waals surface area contributed by atoms with Crippen LogP contribution in [0.3, 0.4) is 0 Å². The number of nitrogens with one attached hydrogen (secondary N) is 1. The van der Waals surface area contributed by atoms with Crippen molar-refractivity contribution in [2.75, 3.05) is 18.2 Å². The number of carbonyl (C=O) groups excluding carboxylic acids is 1. The van der Waals surface area contributed by atoms with E-state index < -0.39 is 10.8 Å². The van der Waals surface area contributed by atoms with E-state index in [1.165, 1.54) is 36.2 Å². The third kappa shape index (κ3) is 2.76. The Bertz CT molecular complexity index is 710. The van der Waals surface area contributed by atoms with Crippen LogP contribution < -0.4 is 15.8 Å². The first-order valence-electron chi connectivity index (χ1n) is 5.85. The molecule has 1 amide bonds. The first-order chi connectivity index (χ1) is 9.93. The second-order valence-corrected chi connectivity index (χ2v) is 4.16. The third-order valence-corrected chi connectivity index (χ3v) is 2.87. The summed E-state index contributed by atoms with van der Waals surface area (Å²) in [7, 11) is 2.96. The molecule has 0 aliphatic rings. The van der Waals surface area contributed by atoms with E-state index in [-0.39, 0.29) is 22.8 Å². The van der Waals surface area contributed by atoms with Crippen LogP contribution in [0.15, 0.2) is 24.4 Å². The highest BCUT2D eigenvalue weighted by Gasteiger charge is 2.17. The van der Waals surface area contributed by atoms with Gasteiger partial charge >= 0.3 is 0 Å². The molecule has 1 heterocycles. The molecule has 21 heavy (non-hydrogen) atoms. The van der Waals surface area contributed by atoms with Gasteiger partial charge in [0.15, 0.2) is 0 Å². The maximum absolute atomic E-state index is 12.1. The highest BCUT2D eigenvalue weighted by Crippen LogP contribution is 2.29. The summed E-state index contributed by atoms with van der Waals surface area (Å²) in [6, 6.07) is 3.88. The summed E-state index contributed by atoms with van der Waals surface area (Å²) in [6.07, 6.45) is 1.34. The van der Waals surface area contributed by atoms with Gasteiger partial charge in [0.1, 0.15) is 17.1 Å². The van der Waals surface area contributed by atoms with Crippen LogP contribution in [-0.4, -0.2) is 27.7 Å². The van der Waals surface area contributed by atoms with Gasteiger partial charge < -0.3 is 15.8 Å². The van der Waals surface area contributed by atoms with E-state index in [1.54, 1.807) is 7.05 Å². The van der Waals surface area contributed by atoms with E-state index >= 15 is 0 Å². The van der Waals surface area contributed by atoms with E-state index in [9.17, 15) is 14.9 Å². The molecular weight excluding hydrogens is 278 g/mol. The van der Waals surface area contributed by atoms with E-state index in [0.717, 1.165) is 0 Å². The molecule has 110 valence electrons. The molecule has 2 rings (SSSR count). The quantitative estimate of drug-likeness (QED) is 0.643. The zero-order chi connectivity index (χ0) is 15.6. The lowest BCUT2D eigenvalue weighted by atomic mass is 10.2. The summed E-state index contributed by atoms with van der Waals surface area (Å²) >= 11 is 0. The number of carbonyl (C=O) groups is 1. The van der Waals surface area contributed by atoms with Gasteiger partial charge in [-0.05, 0) is 6.07 Å². The minimum Gasteiger partial charge on any atom is -0.494 e. The molecule has 0 spiro atoms. The van der Waals surface area contributed by atoms with Crippen molar-refractivity contribution in [2.24, 2.45) is 7.05 Å². The fraction of sp³-hybridized carbons (Fsp3) is 0.167. The van der Waals surface area contributed by atoms with Crippen LogP contribution in [0.4, 0.5) is 17.2 Å². The van der Waals surface area contributed by atoms with Crippen LogP contribution in [0.25, 0.3) is 0 Å². The first-order valence-corrected chi connectivity index (χ1v) is 5.85. The van der Waals surface area contributed by atoms with Crippen molar-refractivity contribution in [1.82, 2.24) is 9.78 Å². The normalized spacial score (nSPS) is 10.2. The smallest absolute Gasteiger partial charge is 0.273 e. The van der Waals surface area contributed by atoms with Gasteiger partial charge in [-0.15, -0.1) is 0 Å². The van der Waals surface area contributed by atoms with Crippen molar-refractivity contribution in [3.05, 3.63) is 40.1 Å². The van der Waals surface area contributed by atoms with E-state index in [0.29, 0.717) is 5.69 Å². The average molecular weight is 291 g/mol. The van der Waals surface area contributed by atoms with Crippen LogP contribution in [0.1, 0.15) is 10.4 Å². The van der Waals surface area contributed by atoms with Crippen LogP contribution >= 0.6 is 0 Å². The number of amides is 1. The molecule has 1 aromatic heterocycles. The van der Waals surface area contributed by atoms with Crippen LogP contribution in [0.2, 0.25) is 0 Å². The number of benzene rings is 1. The molecule has 0 saturated carbocycles. The molecule has 1 aromatic carbocycles. The summed E-state index contributed by atoms with van der Waals surface area (Å²) in [4.78, 5) is 22.3. The maximum Gasteiger partial charge on any atom is 0.273 e. The maximum atomic E-state index is 12.1. The number of anilines is 2. The molecule has 0 bridgehead atoms. The zero-order valence-electron chi connectivity index (χ0n) is 11.4. The number of nitro groups is 1. The Hall–Kier alpha value is -3.10. The Morgan fingerprint density at radius 1 is 1.52 bits per heavy atom. The molecule has 0 fully saturated rings. The minimum absolute atomic E-state index is 0.134. The Morgan fingerprint density at radius 3 is 2.76 bits per heavy atom. The summed E-state index contributed by atoms with van der Waals surface area (Å²) in [5.41, 5.74) is 6.09. The standard InChI is InChI=1S/C12H13N5O4/c1-16-11(13)8(6-14-16)12(18)15-9-4-3-7(17(19)20)5-10(9)21-2/h3-6H,13H2,1-2H3,(H,15,18). The van der Waals surface area contributed by atoms with Gasteiger partial charge in [-0.3, -0.25) is 19.6 Å². The highest BCUT2D eigenvalue weighted by molar-refractivity contribution is 6.07. The highest BCUT2D eigenvalue weighted by atomic mass is 16.6. The number of rotatable bonds is 4. The molecule has 9 heteroatoms. The molecule has 0 saturated heterocycles. The Morgan fingerprint density at radius 2 is 2.24 bits per heavy atom. The molecule has 0 unspecified atom stereocenters.